The lowest BCUT2D eigenvalue weighted by atomic mass is 10.0. The van der Waals surface area contributed by atoms with Crippen LogP contribution >= 0.6 is 0 Å². The van der Waals surface area contributed by atoms with E-state index in [1.165, 1.54) is 0 Å². The molecule has 0 aliphatic carbocycles. The summed E-state index contributed by atoms with van der Waals surface area (Å²) in [7, 11) is 0. The Kier molecular flexibility index (Phi) is 6.53. The molecule has 168 valence electrons. The molecule has 3 heterocycles. The van der Waals surface area contributed by atoms with Crippen LogP contribution in [-0.4, -0.2) is 34.8 Å². The predicted octanol–water partition coefficient (Wildman–Crippen LogP) is 2.52. The van der Waals surface area contributed by atoms with Crippen molar-refractivity contribution in [1.82, 2.24) is 15.6 Å². The van der Waals surface area contributed by atoms with Gasteiger partial charge in [0, 0.05) is 31.8 Å². The van der Waals surface area contributed by atoms with Gasteiger partial charge >= 0.3 is 0 Å². The molecule has 0 spiro atoms. The molecule has 2 aliphatic rings. The molecule has 0 bridgehead atoms. The van der Waals surface area contributed by atoms with Gasteiger partial charge in [-0.1, -0.05) is 44.5 Å². The lowest BCUT2D eigenvalue weighted by Gasteiger charge is -2.28. The van der Waals surface area contributed by atoms with Gasteiger partial charge in [-0.3, -0.25) is 24.3 Å². The second kappa shape index (κ2) is 9.51. The highest BCUT2D eigenvalue weighted by molar-refractivity contribution is 6.07. The molecule has 4 rings (SSSR count). The number of aryl methyl sites for hydroxylation is 1. The van der Waals surface area contributed by atoms with Gasteiger partial charge in [-0.15, -0.1) is 0 Å². The zero-order chi connectivity index (χ0) is 22.7. The second-order valence-corrected chi connectivity index (χ2v) is 8.81. The average Bonchev–Trinajstić information content (AvgIpc) is 3.14. The van der Waals surface area contributed by atoms with Crippen molar-refractivity contribution in [3.05, 3.63) is 59.4 Å². The van der Waals surface area contributed by atoms with Gasteiger partial charge in [-0.2, -0.15) is 0 Å². The van der Waals surface area contributed by atoms with Crippen LogP contribution in [0.25, 0.3) is 0 Å². The number of nitrogens with zero attached hydrogens (tertiary/aromatic N) is 2. The van der Waals surface area contributed by atoms with Gasteiger partial charge in [-0.05, 0) is 41.5 Å². The second-order valence-electron chi connectivity index (χ2n) is 8.81. The molecule has 1 aromatic carbocycles. The standard InChI is InChI=1S/C25H30N4O3/c1-3-16(2)12-22(30)28-20-10-9-18-7-4-8-19-13-21(29(23(18)19)25(20)32)24(31)27-15-17-6-5-11-26-14-17/h4-8,11,14,16,20-21H,3,9-10,12-13,15H2,1-2H3,(H,27,31)(H,28,30)/t16-,20-,21-/m0/s1. The molecule has 3 amide bonds. The highest BCUT2D eigenvalue weighted by Crippen LogP contribution is 2.39. The number of nitrogens with one attached hydrogen (secondary N) is 2. The summed E-state index contributed by atoms with van der Waals surface area (Å²) in [4.78, 5) is 45.0. The van der Waals surface area contributed by atoms with E-state index in [4.69, 9.17) is 0 Å². The molecule has 0 radical (unpaired) electrons. The molecule has 32 heavy (non-hydrogen) atoms. The maximum atomic E-state index is 13.6. The van der Waals surface area contributed by atoms with Gasteiger partial charge in [0.1, 0.15) is 12.1 Å². The molecule has 1 aromatic heterocycles. The number of benzene rings is 1. The molecule has 7 nitrogen and oxygen atoms in total. The zero-order valence-electron chi connectivity index (χ0n) is 18.6. The van der Waals surface area contributed by atoms with E-state index in [9.17, 15) is 14.4 Å². The summed E-state index contributed by atoms with van der Waals surface area (Å²) in [6.45, 7) is 4.43. The van der Waals surface area contributed by atoms with Gasteiger partial charge in [0.05, 0.1) is 5.69 Å². The number of pyridine rings is 1. The fourth-order valence-corrected chi connectivity index (χ4v) is 4.50. The van der Waals surface area contributed by atoms with E-state index in [1.54, 1.807) is 17.3 Å². The molecular formula is C25H30N4O3. The zero-order valence-corrected chi connectivity index (χ0v) is 18.6. The summed E-state index contributed by atoms with van der Waals surface area (Å²) in [6.07, 6.45) is 6.39. The molecule has 2 N–H and O–H groups in total. The SMILES string of the molecule is CC[C@H](C)CC(=O)N[C@H]1CCc2cccc3c2N(C1=O)[C@H](C(=O)NCc1cccnc1)C3. The van der Waals surface area contributed by atoms with Crippen molar-refractivity contribution in [2.45, 2.75) is 64.6 Å². The van der Waals surface area contributed by atoms with Crippen LogP contribution in [0.3, 0.4) is 0 Å². The number of carbonyl (C=O) groups excluding carboxylic acids is 3. The van der Waals surface area contributed by atoms with Crippen LogP contribution < -0.4 is 15.5 Å². The number of hydrogen-bond donors (Lipinski definition) is 2. The van der Waals surface area contributed by atoms with Crippen LogP contribution in [0.15, 0.2) is 42.7 Å². The van der Waals surface area contributed by atoms with Crippen LogP contribution in [0, 0.1) is 5.92 Å². The summed E-state index contributed by atoms with van der Waals surface area (Å²) in [5.74, 6) is -0.248. The number of carbonyl (C=O) groups is 3. The first-order chi connectivity index (χ1) is 15.5. The van der Waals surface area contributed by atoms with Crippen molar-refractivity contribution in [3.8, 4) is 0 Å². The number of rotatable bonds is 7. The first kappa shape index (κ1) is 22.0. The summed E-state index contributed by atoms with van der Waals surface area (Å²) in [5.41, 5.74) is 3.80. The fourth-order valence-electron chi connectivity index (χ4n) is 4.50. The highest BCUT2D eigenvalue weighted by Gasteiger charge is 2.43. The van der Waals surface area contributed by atoms with Crippen LogP contribution in [0.5, 0.6) is 0 Å². The van der Waals surface area contributed by atoms with E-state index < -0.39 is 12.1 Å². The molecular weight excluding hydrogens is 404 g/mol. The number of aromatic nitrogens is 1. The normalized spacial score (nSPS) is 20.3. The van der Waals surface area contributed by atoms with Crippen LogP contribution in [-0.2, 0) is 33.8 Å². The van der Waals surface area contributed by atoms with Gasteiger partial charge in [0.25, 0.3) is 0 Å². The summed E-state index contributed by atoms with van der Waals surface area (Å²) in [6, 6.07) is 8.45. The fraction of sp³-hybridized carbons (Fsp3) is 0.440. The topological polar surface area (TPSA) is 91.4 Å². The van der Waals surface area contributed by atoms with Crippen molar-refractivity contribution < 1.29 is 14.4 Å². The minimum Gasteiger partial charge on any atom is -0.350 e. The van der Waals surface area contributed by atoms with E-state index >= 15 is 0 Å². The van der Waals surface area contributed by atoms with Crippen molar-refractivity contribution in [1.29, 1.82) is 0 Å². The van der Waals surface area contributed by atoms with E-state index in [2.05, 4.69) is 15.6 Å². The first-order valence-corrected chi connectivity index (χ1v) is 11.4. The molecule has 0 fully saturated rings. The summed E-state index contributed by atoms with van der Waals surface area (Å²) >= 11 is 0. The lowest BCUT2D eigenvalue weighted by molar-refractivity contribution is -0.129. The van der Waals surface area contributed by atoms with E-state index in [1.807, 2.05) is 44.2 Å². The molecule has 2 aromatic rings. The molecule has 0 saturated carbocycles. The third-order valence-electron chi connectivity index (χ3n) is 6.47. The number of hydrogen-bond acceptors (Lipinski definition) is 4. The Morgan fingerprint density at radius 2 is 2.03 bits per heavy atom. The number of para-hydroxylation sites is 1. The Bertz CT molecular complexity index is 1010. The quantitative estimate of drug-likeness (QED) is 0.701. The Labute approximate surface area is 188 Å². The average molecular weight is 435 g/mol. The van der Waals surface area contributed by atoms with E-state index in [0.717, 1.165) is 28.8 Å². The van der Waals surface area contributed by atoms with Crippen LogP contribution in [0.4, 0.5) is 5.69 Å². The molecule has 0 saturated heterocycles. The first-order valence-electron chi connectivity index (χ1n) is 11.4. The summed E-state index contributed by atoms with van der Waals surface area (Å²) in [5, 5.41) is 5.90. The highest BCUT2D eigenvalue weighted by atomic mass is 16.2. The van der Waals surface area contributed by atoms with E-state index in [0.29, 0.717) is 32.2 Å². The largest absolute Gasteiger partial charge is 0.350 e. The Hall–Kier alpha value is -3.22. The Morgan fingerprint density at radius 3 is 2.78 bits per heavy atom. The Balaban J connectivity index is 1.54. The van der Waals surface area contributed by atoms with Crippen molar-refractivity contribution >= 4 is 23.4 Å². The van der Waals surface area contributed by atoms with Gasteiger partial charge in [0.15, 0.2) is 0 Å². The van der Waals surface area contributed by atoms with Crippen molar-refractivity contribution in [2.75, 3.05) is 4.90 Å². The third kappa shape index (κ3) is 4.52. The maximum Gasteiger partial charge on any atom is 0.250 e. The predicted molar refractivity (Wildman–Crippen MR) is 122 cm³/mol. The molecule has 7 heteroatoms. The molecule has 2 aliphatic heterocycles. The smallest absolute Gasteiger partial charge is 0.250 e. The van der Waals surface area contributed by atoms with Gasteiger partial charge < -0.3 is 10.6 Å². The van der Waals surface area contributed by atoms with Crippen LogP contribution in [0.1, 0.15) is 49.8 Å². The van der Waals surface area contributed by atoms with Crippen molar-refractivity contribution in [3.63, 3.8) is 0 Å². The lowest BCUT2D eigenvalue weighted by Crippen LogP contribution is -2.54. The van der Waals surface area contributed by atoms with Gasteiger partial charge in [0.2, 0.25) is 17.7 Å². The minimum absolute atomic E-state index is 0.111. The third-order valence-corrected chi connectivity index (χ3v) is 6.47. The van der Waals surface area contributed by atoms with Gasteiger partial charge in [-0.25, -0.2) is 0 Å². The molecule has 0 unspecified atom stereocenters. The van der Waals surface area contributed by atoms with Crippen LogP contribution in [0.2, 0.25) is 0 Å². The molecule has 3 atom stereocenters. The number of amides is 3. The number of anilines is 1. The minimum atomic E-state index is -0.626. The Morgan fingerprint density at radius 1 is 1.22 bits per heavy atom. The van der Waals surface area contributed by atoms with Crippen molar-refractivity contribution in [2.24, 2.45) is 5.92 Å². The van der Waals surface area contributed by atoms with E-state index in [-0.39, 0.29) is 23.6 Å². The monoisotopic (exact) mass is 434 g/mol. The maximum absolute atomic E-state index is 13.6. The summed E-state index contributed by atoms with van der Waals surface area (Å²) < 4.78 is 0.